The average Bonchev–Trinajstić information content (AvgIpc) is 2.93. The first-order chi connectivity index (χ1) is 13.1. The number of imide groups is 1. The molecule has 7 heteroatoms. The number of halogens is 1. The van der Waals surface area contributed by atoms with Crippen molar-refractivity contribution < 1.29 is 19.1 Å². The van der Waals surface area contributed by atoms with Crippen molar-refractivity contribution in [2.75, 3.05) is 6.54 Å². The number of nitrogens with zero attached hydrogens (tertiary/aromatic N) is 2. The molecule has 2 amide bonds. The maximum atomic E-state index is 12.5. The van der Waals surface area contributed by atoms with Crippen molar-refractivity contribution in [2.45, 2.75) is 32.1 Å². The fourth-order valence-corrected chi connectivity index (χ4v) is 4.24. The maximum absolute atomic E-state index is 12.5. The highest BCUT2D eigenvalue weighted by atomic mass is 35.5. The highest BCUT2D eigenvalue weighted by Crippen LogP contribution is 2.38. The molecule has 0 bridgehead atoms. The van der Waals surface area contributed by atoms with Gasteiger partial charge in [-0.25, -0.2) is 0 Å². The van der Waals surface area contributed by atoms with Gasteiger partial charge in [-0.2, -0.15) is 0 Å². The van der Waals surface area contributed by atoms with Crippen LogP contribution < -0.4 is 4.74 Å². The number of amides is 2. The molecule has 2 aliphatic rings. The molecule has 0 spiro atoms. The topological polar surface area (TPSA) is 76.6 Å². The molecule has 1 saturated carbocycles. The zero-order valence-corrected chi connectivity index (χ0v) is 15.4. The number of carbonyl (C=O) groups excluding carboxylic acids is 3. The van der Waals surface area contributed by atoms with Gasteiger partial charge >= 0.3 is 5.97 Å². The van der Waals surface area contributed by atoms with Crippen molar-refractivity contribution in [3.8, 4) is 5.75 Å². The highest BCUT2D eigenvalue weighted by molar-refractivity contribution is 6.35. The summed E-state index contributed by atoms with van der Waals surface area (Å²) < 4.78 is 5.42. The van der Waals surface area contributed by atoms with Crippen LogP contribution in [0.5, 0.6) is 5.75 Å². The van der Waals surface area contributed by atoms with Crippen LogP contribution in [0.4, 0.5) is 0 Å². The summed E-state index contributed by atoms with van der Waals surface area (Å²) >= 11 is 6.14. The molecule has 1 aromatic carbocycles. The van der Waals surface area contributed by atoms with Gasteiger partial charge in [0.05, 0.1) is 23.3 Å². The lowest BCUT2D eigenvalue weighted by Gasteiger charge is -2.19. The summed E-state index contributed by atoms with van der Waals surface area (Å²) in [5.41, 5.74) is 0.498. The van der Waals surface area contributed by atoms with Gasteiger partial charge in [-0.05, 0) is 37.1 Å². The number of likely N-dealkylation sites (tertiary alicyclic amines) is 1. The Morgan fingerprint density at radius 2 is 1.85 bits per heavy atom. The Kier molecular flexibility index (Phi) is 4.83. The molecule has 2 atom stereocenters. The molecule has 1 aromatic heterocycles. The molecule has 1 aliphatic carbocycles. The van der Waals surface area contributed by atoms with E-state index in [9.17, 15) is 14.4 Å². The van der Waals surface area contributed by atoms with Gasteiger partial charge in [-0.15, -0.1) is 0 Å². The SMILES string of the molecule is O=C(CCN1C(=O)[C@@H]2CCCC[C@H]2C1=O)Oc1ccc(Cl)c2cccnc12. The molecular weight excluding hydrogens is 368 g/mol. The van der Waals surface area contributed by atoms with Crippen LogP contribution in [0.15, 0.2) is 30.5 Å². The predicted octanol–water partition coefficient (Wildman–Crippen LogP) is 3.36. The van der Waals surface area contributed by atoms with E-state index in [0.29, 0.717) is 21.7 Å². The van der Waals surface area contributed by atoms with Crippen LogP contribution in [0, 0.1) is 11.8 Å². The maximum Gasteiger partial charge on any atom is 0.313 e. The number of fused-ring (bicyclic) bond motifs is 2. The van der Waals surface area contributed by atoms with Gasteiger partial charge in [0.15, 0.2) is 5.75 Å². The summed E-state index contributed by atoms with van der Waals surface area (Å²) in [6.45, 7) is 0.0580. The van der Waals surface area contributed by atoms with Gasteiger partial charge in [0.2, 0.25) is 11.8 Å². The van der Waals surface area contributed by atoms with Crippen LogP contribution in [-0.4, -0.2) is 34.2 Å². The van der Waals surface area contributed by atoms with Crippen LogP contribution in [-0.2, 0) is 14.4 Å². The summed E-state index contributed by atoms with van der Waals surface area (Å²) in [6.07, 6.45) is 5.03. The van der Waals surface area contributed by atoms with E-state index >= 15 is 0 Å². The number of rotatable bonds is 4. The Labute approximate surface area is 161 Å². The Bertz CT molecular complexity index is 905. The predicted molar refractivity (Wildman–Crippen MR) is 99.2 cm³/mol. The zero-order chi connectivity index (χ0) is 19.0. The summed E-state index contributed by atoms with van der Waals surface area (Å²) in [7, 11) is 0. The second-order valence-electron chi connectivity index (χ2n) is 6.99. The highest BCUT2D eigenvalue weighted by Gasteiger charge is 2.47. The van der Waals surface area contributed by atoms with E-state index in [1.807, 2.05) is 0 Å². The van der Waals surface area contributed by atoms with Crippen LogP contribution in [0.25, 0.3) is 10.9 Å². The standard InChI is InChI=1S/C20H19ClN2O4/c21-15-7-8-16(18-14(15)6-3-10-22-18)27-17(24)9-11-23-19(25)12-4-1-2-5-13(12)20(23)26/h3,6-8,10,12-13H,1-2,4-5,9,11H2/t12-,13-/m1/s1. The van der Waals surface area contributed by atoms with Crippen LogP contribution in [0.3, 0.4) is 0 Å². The van der Waals surface area contributed by atoms with Crippen LogP contribution >= 0.6 is 11.6 Å². The second kappa shape index (κ2) is 7.27. The quantitative estimate of drug-likeness (QED) is 0.457. The van der Waals surface area contributed by atoms with E-state index in [2.05, 4.69) is 4.98 Å². The second-order valence-corrected chi connectivity index (χ2v) is 7.40. The summed E-state index contributed by atoms with van der Waals surface area (Å²) in [6, 6.07) is 6.79. The van der Waals surface area contributed by atoms with Gasteiger partial charge in [-0.3, -0.25) is 24.3 Å². The Balaban J connectivity index is 1.43. The van der Waals surface area contributed by atoms with Crippen molar-refractivity contribution in [1.29, 1.82) is 0 Å². The molecule has 1 aliphatic heterocycles. The fourth-order valence-electron chi connectivity index (χ4n) is 4.02. The normalized spacial score (nSPS) is 22.2. The zero-order valence-electron chi connectivity index (χ0n) is 14.7. The molecule has 4 rings (SSSR count). The van der Waals surface area contributed by atoms with E-state index in [-0.39, 0.29) is 36.6 Å². The van der Waals surface area contributed by atoms with Crippen molar-refractivity contribution in [3.63, 3.8) is 0 Å². The van der Waals surface area contributed by atoms with E-state index in [1.165, 1.54) is 4.90 Å². The first kappa shape index (κ1) is 17.9. The number of pyridine rings is 1. The number of ether oxygens (including phenoxy) is 1. The lowest BCUT2D eigenvalue weighted by molar-refractivity contribution is -0.141. The molecule has 6 nitrogen and oxygen atoms in total. The van der Waals surface area contributed by atoms with Crippen molar-refractivity contribution in [2.24, 2.45) is 11.8 Å². The molecule has 140 valence electrons. The Morgan fingerprint density at radius 3 is 2.56 bits per heavy atom. The molecule has 0 radical (unpaired) electrons. The average molecular weight is 387 g/mol. The third-order valence-electron chi connectivity index (χ3n) is 5.38. The van der Waals surface area contributed by atoms with E-state index in [4.69, 9.17) is 16.3 Å². The molecule has 2 fully saturated rings. The number of aromatic nitrogens is 1. The Morgan fingerprint density at radius 1 is 1.15 bits per heavy atom. The van der Waals surface area contributed by atoms with Crippen molar-refractivity contribution >= 4 is 40.3 Å². The van der Waals surface area contributed by atoms with Gasteiger partial charge < -0.3 is 4.74 Å². The molecule has 1 saturated heterocycles. The lowest BCUT2D eigenvalue weighted by atomic mass is 9.81. The monoisotopic (exact) mass is 386 g/mol. The number of esters is 1. The van der Waals surface area contributed by atoms with E-state index in [0.717, 1.165) is 25.7 Å². The fraction of sp³-hybridized carbons (Fsp3) is 0.400. The van der Waals surface area contributed by atoms with Gasteiger partial charge in [0.25, 0.3) is 0 Å². The van der Waals surface area contributed by atoms with Gasteiger partial charge in [0, 0.05) is 18.1 Å². The first-order valence-corrected chi connectivity index (χ1v) is 9.53. The number of carbonyl (C=O) groups is 3. The van der Waals surface area contributed by atoms with E-state index in [1.54, 1.807) is 30.5 Å². The number of hydrogen-bond donors (Lipinski definition) is 0. The minimum Gasteiger partial charge on any atom is -0.424 e. The summed E-state index contributed by atoms with van der Waals surface area (Å²) in [4.78, 5) is 42.7. The van der Waals surface area contributed by atoms with Crippen molar-refractivity contribution in [3.05, 3.63) is 35.5 Å². The molecule has 27 heavy (non-hydrogen) atoms. The van der Waals surface area contributed by atoms with Crippen LogP contribution in [0.1, 0.15) is 32.1 Å². The van der Waals surface area contributed by atoms with Gasteiger partial charge in [0.1, 0.15) is 5.52 Å². The van der Waals surface area contributed by atoms with Gasteiger partial charge in [-0.1, -0.05) is 24.4 Å². The molecule has 2 aromatic rings. The lowest BCUT2D eigenvalue weighted by Crippen LogP contribution is -2.33. The number of benzene rings is 1. The van der Waals surface area contributed by atoms with E-state index < -0.39 is 5.97 Å². The minimum atomic E-state index is -0.514. The molecule has 0 unspecified atom stereocenters. The van der Waals surface area contributed by atoms with Crippen LogP contribution in [0.2, 0.25) is 5.02 Å². The third kappa shape index (κ3) is 3.30. The Hall–Kier alpha value is -2.47. The largest absolute Gasteiger partial charge is 0.424 e. The van der Waals surface area contributed by atoms with Crippen molar-refractivity contribution in [1.82, 2.24) is 9.88 Å². The molecule has 0 N–H and O–H groups in total. The molecular formula is C20H19ClN2O4. The number of hydrogen-bond acceptors (Lipinski definition) is 5. The summed E-state index contributed by atoms with van der Waals surface area (Å²) in [5, 5.41) is 1.22. The smallest absolute Gasteiger partial charge is 0.313 e. The molecule has 2 heterocycles. The minimum absolute atomic E-state index is 0.0477. The third-order valence-corrected chi connectivity index (χ3v) is 5.70. The summed E-state index contributed by atoms with van der Waals surface area (Å²) in [5.74, 6) is -0.891. The first-order valence-electron chi connectivity index (χ1n) is 9.15.